The molecule has 1 N–H and O–H groups in total. The first-order chi connectivity index (χ1) is 12.0. The van der Waals surface area contributed by atoms with Crippen molar-refractivity contribution in [2.24, 2.45) is 0 Å². The van der Waals surface area contributed by atoms with Crippen LogP contribution in [-0.2, 0) is 4.79 Å². The summed E-state index contributed by atoms with van der Waals surface area (Å²) in [4.78, 5) is 14.7. The summed E-state index contributed by atoms with van der Waals surface area (Å²) >= 11 is 6.56. The van der Waals surface area contributed by atoms with Gasteiger partial charge in [0.2, 0.25) is 0 Å². The monoisotopic (exact) mass is 373 g/mol. The highest BCUT2D eigenvalue weighted by molar-refractivity contribution is 8.27. The molecular weight excluding hydrogens is 358 g/mol. The molecule has 25 heavy (non-hydrogen) atoms. The van der Waals surface area contributed by atoms with E-state index in [1.165, 1.54) is 28.8 Å². The maximum Gasteiger partial charge on any atom is 0.270 e. The topological polar surface area (TPSA) is 59.0 Å². The van der Waals surface area contributed by atoms with Gasteiger partial charge in [-0.25, -0.2) is 0 Å². The van der Waals surface area contributed by atoms with E-state index in [1.54, 1.807) is 44.6 Å². The molecule has 1 heterocycles. The number of ether oxygens (including phenoxy) is 2. The van der Waals surface area contributed by atoms with E-state index in [1.807, 2.05) is 6.07 Å². The summed E-state index contributed by atoms with van der Waals surface area (Å²) in [6, 6.07) is 11.7. The maximum atomic E-state index is 12.7. The number of carbonyl (C=O) groups excluding carboxylic acids is 1. The van der Waals surface area contributed by atoms with Gasteiger partial charge >= 0.3 is 0 Å². The standard InChI is InChI=1S/C18H15NO4S2/c1-22-14-8-3-11(15(10-14)23-2)9-16-17(21)19(18(24)25-16)12-4-6-13(20)7-5-12/h3-10,20H,1-2H3/b16-9-. The van der Waals surface area contributed by atoms with E-state index < -0.39 is 0 Å². The van der Waals surface area contributed by atoms with Crippen molar-refractivity contribution in [1.82, 2.24) is 0 Å². The number of rotatable bonds is 4. The number of aromatic hydroxyl groups is 1. The molecule has 7 heteroatoms. The van der Waals surface area contributed by atoms with Gasteiger partial charge < -0.3 is 14.6 Å². The fourth-order valence-corrected chi connectivity index (χ4v) is 3.66. The second-order valence-electron chi connectivity index (χ2n) is 5.14. The van der Waals surface area contributed by atoms with Gasteiger partial charge in [-0.05, 0) is 42.5 Å². The number of hydrogen-bond acceptors (Lipinski definition) is 6. The van der Waals surface area contributed by atoms with E-state index in [2.05, 4.69) is 0 Å². The first-order valence-electron chi connectivity index (χ1n) is 7.32. The van der Waals surface area contributed by atoms with Crippen LogP contribution in [0.15, 0.2) is 47.4 Å². The lowest BCUT2D eigenvalue weighted by molar-refractivity contribution is -0.113. The minimum Gasteiger partial charge on any atom is -0.508 e. The van der Waals surface area contributed by atoms with Gasteiger partial charge in [0.1, 0.15) is 17.2 Å². The molecule has 0 unspecified atom stereocenters. The lowest BCUT2D eigenvalue weighted by atomic mass is 10.1. The van der Waals surface area contributed by atoms with Crippen LogP contribution in [-0.4, -0.2) is 29.6 Å². The van der Waals surface area contributed by atoms with E-state index in [4.69, 9.17) is 21.7 Å². The van der Waals surface area contributed by atoms with E-state index >= 15 is 0 Å². The Morgan fingerprint density at radius 3 is 2.48 bits per heavy atom. The Morgan fingerprint density at radius 1 is 1.12 bits per heavy atom. The summed E-state index contributed by atoms with van der Waals surface area (Å²) in [5, 5.41) is 9.40. The Morgan fingerprint density at radius 2 is 1.84 bits per heavy atom. The number of hydrogen-bond donors (Lipinski definition) is 1. The van der Waals surface area contributed by atoms with Crippen LogP contribution >= 0.6 is 24.0 Å². The molecule has 0 aliphatic carbocycles. The van der Waals surface area contributed by atoms with Crippen LogP contribution in [0.4, 0.5) is 5.69 Å². The van der Waals surface area contributed by atoms with Crippen LogP contribution < -0.4 is 14.4 Å². The van der Waals surface area contributed by atoms with Crippen molar-refractivity contribution >= 4 is 46.0 Å². The predicted molar refractivity (Wildman–Crippen MR) is 103 cm³/mol. The zero-order chi connectivity index (χ0) is 18.0. The molecule has 1 amide bonds. The zero-order valence-corrected chi connectivity index (χ0v) is 15.2. The molecule has 3 rings (SSSR count). The number of thiocarbonyl (C=S) groups is 1. The van der Waals surface area contributed by atoms with Crippen LogP contribution in [0.1, 0.15) is 5.56 Å². The van der Waals surface area contributed by atoms with Crippen LogP contribution in [0.25, 0.3) is 6.08 Å². The molecule has 1 aliphatic rings. The van der Waals surface area contributed by atoms with Gasteiger partial charge in [0.25, 0.3) is 5.91 Å². The first-order valence-corrected chi connectivity index (χ1v) is 8.55. The highest BCUT2D eigenvalue weighted by atomic mass is 32.2. The molecule has 0 saturated carbocycles. The SMILES string of the molecule is COc1ccc(/C=C2\SC(=S)N(c3ccc(O)cc3)C2=O)c(OC)c1. The Balaban J connectivity index is 1.94. The maximum absolute atomic E-state index is 12.7. The number of thioether (sulfide) groups is 1. The quantitative estimate of drug-likeness (QED) is 0.650. The minimum atomic E-state index is -0.210. The Bertz CT molecular complexity index is 862. The van der Waals surface area contributed by atoms with Crippen LogP contribution in [0.5, 0.6) is 17.2 Å². The second kappa shape index (κ2) is 7.16. The van der Waals surface area contributed by atoms with Crippen LogP contribution in [0, 0.1) is 0 Å². The predicted octanol–water partition coefficient (Wildman–Crippen LogP) is 3.82. The summed E-state index contributed by atoms with van der Waals surface area (Å²) in [6.45, 7) is 0. The van der Waals surface area contributed by atoms with Gasteiger partial charge in [-0.3, -0.25) is 9.69 Å². The van der Waals surface area contributed by atoms with Gasteiger partial charge in [0.05, 0.1) is 24.8 Å². The minimum absolute atomic E-state index is 0.132. The molecule has 0 atom stereocenters. The molecule has 1 aliphatic heterocycles. The summed E-state index contributed by atoms with van der Waals surface area (Å²) in [5.74, 6) is 1.20. The zero-order valence-electron chi connectivity index (χ0n) is 13.6. The highest BCUT2D eigenvalue weighted by Gasteiger charge is 2.33. The van der Waals surface area contributed by atoms with E-state index in [0.717, 1.165) is 5.56 Å². The number of phenols is 1. The Labute approximate surface area is 154 Å². The number of methoxy groups -OCH3 is 2. The fraction of sp³-hybridized carbons (Fsp3) is 0.111. The molecule has 0 aromatic heterocycles. The number of carbonyl (C=O) groups is 1. The second-order valence-corrected chi connectivity index (χ2v) is 6.82. The summed E-state index contributed by atoms with van der Waals surface area (Å²) in [6.07, 6.45) is 1.75. The number of amides is 1. The number of anilines is 1. The number of phenolic OH excluding ortho intramolecular Hbond substituents is 1. The molecule has 2 aromatic rings. The molecule has 0 spiro atoms. The molecule has 1 saturated heterocycles. The summed E-state index contributed by atoms with van der Waals surface area (Å²) in [7, 11) is 3.14. The highest BCUT2D eigenvalue weighted by Crippen LogP contribution is 2.38. The molecule has 2 aromatic carbocycles. The number of nitrogens with zero attached hydrogens (tertiary/aromatic N) is 1. The van der Waals surface area contributed by atoms with Crippen molar-refractivity contribution in [3.05, 3.63) is 52.9 Å². The Hall–Kier alpha value is -2.51. The van der Waals surface area contributed by atoms with Crippen molar-refractivity contribution in [2.45, 2.75) is 0 Å². The van der Waals surface area contributed by atoms with Gasteiger partial charge in [-0.2, -0.15) is 0 Å². The molecular formula is C18H15NO4S2. The van der Waals surface area contributed by atoms with Crippen LogP contribution in [0.3, 0.4) is 0 Å². The first kappa shape index (κ1) is 17.3. The van der Waals surface area contributed by atoms with Crippen molar-refractivity contribution in [1.29, 1.82) is 0 Å². The third-order valence-corrected chi connectivity index (χ3v) is 4.93. The van der Waals surface area contributed by atoms with Gasteiger partial charge in [0, 0.05) is 11.6 Å². The largest absolute Gasteiger partial charge is 0.508 e. The molecule has 1 fully saturated rings. The van der Waals surface area contributed by atoms with Crippen molar-refractivity contribution < 1.29 is 19.4 Å². The van der Waals surface area contributed by atoms with E-state index in [-0.39, 0.29) is 11.7 Å². The van der Waals surface area contributed by atoms with Gasteiger partial charge in [-0.15, -0.1) is 0 Å². The fourth-order valence-electron chi connectivity index (χ4n) is 2.37. The lowest BCUT2D eigenvalue weighted by Gasteiger charge is -2.14. The third-order valence-electron chi connectivity index (χ3n) is 3.63. The van der Waals surface area contributed by atoms with Crippen molar-refractivity contribution in [2.75, 3.05) is 19.1 Å². The normalized spacial score (nSPS) is 15.8. The Kier molecular flexibility index (Phi) is 4.96. The average molecular weight is 373 g/mol. The smallest absolute Gasteiger partial charge is 0.270 e. The number of benzene rings is 2. The van der Waals surface area contributed by atoms with Gasteiger partial charge in [0.15, 0.2) is 4.32 Å². The molecule has 5 nitrogen and oxygen atoms in total. The van der Waals surface area contributed by atoms with Crippen molar-refractivity contribution in [3.8, 4) is 17.2 Å². The van der Waals surface area contributed by atoms with E-state index in [9.17, 15) is 9.90 Å². The average Bonchev–Trinajstić information content (AvgIpc) is 2.90. The molecule has 0 bridgehead atoms. The van der Waals surface area contributed by atoms with Gasteiger partial charge in [-0.1, -0.05) is 24.0 Å². The molecule has 0 radical (unpaired) electrons. The molecule has 128 valence electrons. The van der Waals surface area contributed by atoms with Crippen LogP contribution in [0.2, 0.25) is 0 Å². The summed E-state index contributed by atoms with van der Waals surface area (Å²) < 4.78 is 11.0. The third kappa shape index (κ3) is 3.47. The van der Waals surface area contributed by atoms with E-state index in [0.29, 0.717) is 26.4 Å². The lowest BCUT2D eigenvalue weighted by Crippen LogP contribution is -2.27. The summed E-state index contributed by atoms with van der Waals surface area (Å²) in [5.41, 5.74) is 1.37. The van der Waals surface area contributed by atoms with Crippen molar-refractivity contribution in [3.63, 3.8) is 0 Å².